The van der Waals surface area contributed by atoms with E-state index in [0.717, 1.165) is 0 Å². The maximum Gasteiger partial charge on any atom is 0.260 e. The summed E-state index contributed by atoms with van der Waals surface area (Å²) in [4.78, 5) is 47.6. The minimum Gasteiger partial charge on any atom is -0.368 e. The van der Waals surface area contributed by atoms with Crippen LogP contribution in [0, 0.1) is 0 Å². The molecule has 116 valence electrons. The zero-order chi connectivity index (χ0) is 15.6. The van der Waals surface area contributed by atoms with Crippen molar-refractivity contribution in [2.75, 3.05) is 6.54 Å². The number of likely N-dealkylation sites (tertiary alicyclic amines) is 1. The summed E-state index contributed by atoms with van der Waals surface area (Å²) in [5, 5.41) is 4.85. The number of primary amides is 1. The number of rotatable bonds is 4. The van der Waals surface area contributed by atoms with E-state index in [0.29, 0.717) is 25.8 Å². The molecule has 1 unspecified atom stereocenters. The zero-order valence-electron chi connectivity index (χ0n) is 11.5. The monoisotopic (exact) mass is 297 g/mol. The number of hydrogen-bond donors (Lipinski definition) is 4. The molecule has 6 N–H and O–H groups in total. The Kier molecular flexibility index (Phi) is 4.41. The summed E-state index contributed by atoms with van der Waals surface area (Å²) in [7, 11) is 0. The van der Waals surface area contributed by atoms with Crippen molar-refractivity contribution in [3.63, 3.8) is 0 Å². The predicted octanol–water partition coefficient (Wildman–Crippen LogP) is -2.86. The topological polar surface area (TPSA) is 148 Å². The van der Waals surface area contributed by atoms with Crippen LogP contribution in [0.1, 0.15) is 25.7 Å². The van der Waals surface area contributed by atoms with Gasteiger partial charge in [-0.15, -0.1) is 0 Å². The van der Waals surface area contributed by atoms with Gasteiger partial charge in [-0.1, -0.05) is 0 Å². The van der Waals surface area contributed by atoms with E-state index in [1.165, 1.54) is 4.90 Å². The summed E-state index contributed by atoms with van der Waals surface area (Å²) in [5.41, 5.74) is 10.9. The van der Waals surface area contributed by atoms with Crippen LogP contribution >= 0.6 is 0 Å². The van der Waals surface area contributed by atoms with Gasteiger partial charge in [-0.3, -0.25) is 19.2 Å². The molecule has 3 atom stereocenters. The van der Waals surface area contributed by atoms with Crippen LogP contribution < -0.4 is 22.1 Å². The van der Waals surface area contributed by atoms with Crippen molar-refractivity contribution in [2.45, 2.75) is 43.9 Å². The summed E-state index contributed by atoms with van der Waals surface area (Å²) in [6, 6.07) is -1.34. The van der Waals surface area contributed by atoms with E-state index in [4.69, 9.17) is 11.5 Å². The Morgan fingerprint density at radius 3 is 2.62 bits per heavy atom. The van der Waals surface area contributed by atoms with E-state index < -0.39 is 36.0 Å². The predicted molar refractivity (Wildman–Crippen MR) is 71.2 cm³/mol. The number of amides is 4. The molecule has 9 heteroatoms. The van der Waals surface area contributed by atoms with Crippen LogP contribution in [0.2, 0.25) is 0 Å². The Balaban J connectivity index is 1.91. The van der Waals surface area contributed by atoms with Crippen molar-refractivity contribution >= 4 is 23.6 Å². The van der Waals surface area contributed by atoms with Gasteiger partial charge in [0.15, 0.2) is 6.17 Å². The number of carbonyl (C=O) groups is 4. The van der Waals surface area contributed by atoms with Gasteiger partial charge in [0.1, 0.15) is 12.1 Å². The van der Waals surface area contributed by atoms with Crippen LogP contribution in [-0.4, -0.2) is 53.3 Å². The van der Waals surface area contributed by atoms with Crippen molar-refractivity contribution < 1.29 is 19.2 Å². The second-order valence-corrected chi connectivity index (χ2v) is 5.24. The number of nitrogens with two attached hydrogens (primary N) is 2. The van der Waals surface area contributed by atoms with Crippen LogP contribution in [0.3, 0.4) is 0 Å². The van der Waals surface area contributed by atoms with Gasteiger partial charge in [0.25, 0.3) is 5.91 Å². The summed E-state index contributed by atoms with van der Waals surface area (Å²) in [6.45, 7) is 0.385. The molecule has 2 rings (SSSR count). The van der Waals surface area contributed by atoms with E-state index in [1.54, 1.807) is 0 Å². The SMILES string of the molecule is NC(=O)[C@@H]1CCCN1C(=O)C(N)NC(=O)[C@@H]1CCC(=O)N1. The fraction of sp³-hybridized carbons (Fsp3) is 0.667. The second kappa shape index (κ2) is 6.08. The molecule has 0 aromatic carbocycles. The quantitative estimate of drug-likeness (QED) is 0.412. The number of nitrogens with one attached hydrogen (secondary N) is 2. The van der Waals surface area contributed by atoms with Gasteiger partial charge >= 0.3 is 0 Å². The highest BCUT2D eigenvalue weighted by atomic mass is 16.2. The molecule has 2 saturated heterocycles. The highest BCUT2D eigenvalue weighted by Crippen LogP contribution is 2.17. The van der Waals surface area contributed by atoms with E-state index in [9.17, 15) is 19.2 Å². The number of hydrogen-bond acceptors (Lipinski definition) is 5. The molecule has 21 heavy (non-hydrogen) atoms. The molecule has 4 amide bonds. The minimum absolute atomic E-state index is 0.205. The van der Waals surface area contributed by atoms with Crippen LogP contribution in [0.4, 0.5) is 0 Å². The van der Waals surface area contributed by atoms with Crippen molar-refractivity contribution in [1.29, 1.82) is 0 Å². The summed E-state index contributed by atoms with van der Waals surface area (Å²) in [6.07, 6.45) is 0.560. The van der Waals surface area contributed by atoms with Crippen molar-refractivity contribution in [2.24, 2.45) is 11.5 Å². The van der Waals surface area contributed by atoms with Crippen LogP contribution in [0.15, 0.2) is 0 Å². The molecule has 2 heterocycles. The van der Waals surface area contributed by atoms with E-state index >= 15 is 0 Å². The molecule has 2 aliphatic rings. The van der Waals surface area contributed by atoms with Crippen molar-refractivity contribution in [3.05, 3.63) is 0 Å². The third-order valence-corrected chi connectivity index (χ3v) is 3.74. The summed E-state index contributed by atoms with van der Waals surface area (Å²) < 4.78 is 0. The van der Waals surface area contributed by atoms with Gasteiger partial charge < -0.3 is 27.0 Å². The van der Waals surface area contributed by atoms with Gasteiger partial charge in [0.05, 0.1) is 0 Å². The average Bonchev–Trinajstić information content (AvgIpc) is 3.05. The third-order valence-electron chi connectivity index (χ3n) is 3.74. The lowest BCUT2D eigenvalue weighted by Gasteiger charge is -2.26. The van der Waals surface area contributed by atoms with Gasteiger partial charge in [0.2, 0.25) is 17.7 Å². The lowest BCUT2D eigenvalue weighted by atomic mass is 10.2. The lowest BCUT2D eigenvalue weighted by Crippen LogP contribution is -2.58. The molecule has 0 aliphatic carbocycles. The van der Waals surface area contributed by atoms with Gasteiger partial charge in [0, 0.05) is 13.0 Å². The molecular weight excluding hydrogens is 278 g/mol. The van der Waals surface area contributed by atoms with E-state index in [1.807, 2.05) is 0 Å². The highest BCUT2D eigenvalue weighted by molar-refractivity contribution is 5.95. The third kappa shape index (κ3) is 3.30. The molecule has 0 bridgehead atoms. The van der Waals surface area contributed by atoms with Crippen molar-refractivity contribution in [1.82, 2.24) is 15.5 Å². The molecule has 0 saturated carbocycles. The molecule has 9 nitrogen and oxygen atoms in total. The lowest BCUT2D eigenvalue weighted by molar-refractivity contribution is -0.140. The maximum absolute atomic E-state index is 12.2. The molecule has 0 aromatic rings. The molecule has 0 radical (unpaired) electrons. The molecule has 2 fully saturated rings. The van der Waals surface area contributed by atoms with E-state index in [2.05, 4.69) is 10.6 Å². The Bertz CT molecular complexity index is 480. The Morgan fingerprint density at radius 2 is 2.05 bits per heavy atom. The van der Waals surface area contributed by atoms with Crippen LogP contribution in [0.5, 0.6) is 0 Å². The summed E-state index contributed by atoms with van der Waals surface area (Å²) >= 11 is 0. The zero-order valence-corrected chi connectivity index (χ0v) is 11.5. The standard InChI is InChI=1S/C12H19N5O4/c13-9(16-11(20)6-3-4-8(18)15-6)12(21)17-5-1-2-7(17)10(14)19/h6-7,9H,1-5,13H2,(H2,14,19)(H,15,18)(H,16,20)/t6-,7-,9?/m0/s1. The molecule has 2 aliphatic heterocycles. The Hall–Kier alpha value is -2.16. The van der Waals surface area contributed by atoms with E-state index in [-0.39, 0.29) is 12.3 Å². The minimum atomic E-state index is -1.25. The Morgan fingerprint density at radius 1 is 1.33 bits per heavy atom. The second-order valence-electron chi connectivity index (χ2n) is 5.24. The first kappa shape index (κ1) is 15.2. The van der Waals surface area contributed by atoms with Crippen LogP contribution in [0.25, 0.3) is 0 Å². The first-order chi connectivity index (χ1) is 9.90. The number of carbonyl (C=O) groups excluding carboxylic acids is 4. The first-order valence-corrected chi connectivity index (χ1v) is 6.85. The van der Waals surface area contributed by atoms with Gasteiger partial charge in [-0.05, 0) is 19.3 Å². The largest absolute Gasteiger partial charge is 0.368 e. The fourth-order valence-corrected chi connectivity index (χ4v) is 2.63. The maximum atomic E-state index is 12.2. The van der Waals surface area contributed by atoms with Gasteiger partial charge in [-0.25, -0.2) is 0 Å². The normalized spacial score (nSPS) is 26.3. The smallest absolute Gasteiger partial charge is 0.260 e. The first-order valence-electron chi connectivity index (χ1n) is 6.85. The fourth-order valence-electron chi connectivity index (χ4n) is 2.63. The molecular formula is C12H19N5O4. The summed E-state index contributed by atoms with van der Waals surface area (Å²) in [5.74, 6) is -1.84. The average molecular weight is 297 g/mol. The molecule has 0 spiro atoms. The highest BCUT2D eigenvalue weighted by Gasteiger charge is 2.36. The molecule has 0 aromatic heterocycles. The Labute approximate surface area is 121 Å². The van der Waals surface area contributed by atoms with Crippen molar-refractivity contribution in [3.8, 4) is 0 Å². The van der Waals surface area contributed by atoms with Gasteiger partial charge in [-0.2, -0.15) is 0 Å². The number of nitrogens with zero attached hydrogens (tertiary/aromatic N) is 1. The van der Waals surface area contributed by atoms with Crippen LogP contribution in [-0.2, 0) is 19.2 Å².